The summed E-state index contributed by atoms with van der Waals surface area (Å²) in [6.07, 6.45) is 8.89. The second-order valence-corrected chi connectivity index (χ2v) is 9.62. The van der Waals surface area contributed by atoms with Crippen LogP contribution in [0, 0.1) is 5.92 Å². The lowest BCUT2D eigenvalue weighted by molar-refractivity contribution is 0.0967. The Morgan fingerprint density at radius 1 is 1.09 bits per heavy atom. The number of hydrogen-bond donors (Lipinski definition) is 3. The van der Waals surface area contributed by atoms with Crippen LogP contribution in [0.2, 0.25) is 0 Å². The molecule has 2 aromatic rings. The Morgan fingerprint density at radius 3 is 2.50 bits per heavy atom. The molecule has 3 N–H and O–H groups in total. The number of aromatic nitrogens is 1. The predicted molar refractivity (Wildman–Crippen MR) is 135 cm³/mol. The first-order chi connectivity index (χ1) is 16.5. The standard InChI is InChI=1S/C27H36N4O3/c1-2-24(26(32)22-10-8-21(9-11-22)20-6-4-3-5-7-20)30-23-12-13-25(28-17-23)31-15-14-19(18-31)16-29-27(33)34/h8-13,17,19-20,24,29-30H,2-7,14-16,18H2,1H3,(H,33,34). The molecule has 1 amide bonds. The highest BCUT2D eigenvalue weighted by Gasteiger charge is 2.24. The van der Waals surface area contributed by atoms with Gasteiger partial charge < -0.3 is 20.6 Å². The first-order valence-corrected chi connectivity index (χ1v) is 12.6. The van der Waals surface area contributed by atoms with E-state index >= 15 is 0 Å². The van der Waals surface area contributed by atoms with Crippen LogP contribution in [0.5, 0.6) is 0 Å². The number of amides is 1. The van der Waals surface area contributed by atoms with Crippen LogP contribution >= 0.6 is 0 Å². The number of carbonyl (C=O) groups is 2. The molecule has 1 aromatic carbocycles. The Bertz CT molecular complexity index is 955. The maximum absolute atomic E-state index is 13.2. The summed E-state index contributed by atoms with van der Waals surface area (Å²) in [5, 5.41) is 14.6. The van der Waals surface area contributed by atoms with E-state index in [1.807, 2.05) is 31.2 Å². The molecule has 2 aliphatic rings. The third-order valence-electron chi connectivity index (χ3n) is 7.24. The van der Waals surface area contributed by atoms with E-state index in [9.17, 15) is 9.59 Å². The zero-order chi connectivity index (χ0) is 23.9. The number of nitrogens with zero attached hydrogens (tertiary/aromatic N) is 2. The molecule has 1 saturated carbocycles. The van der Waals surface area contributed by atoms with Gasteiger partial charge in [-0.15, -0.1) is 0 Å². The van der Waals surface area contributed by atoms with Crippen LogP contribution in [0.4, 0.5) is 16.3 Å². The monoisotopic (exact) mass is 464 g/mol. The maximum atomic E-state index is 13.2. The van der Waals surface area contributed by atoms with Gasteiger partial charge in [0.05, 0.1) is 17.9 Å². The number of rotatable bonds is 9. The number of Topliss-reactive ketones (excluding diaryl/α,β-unsaturated/α-hetero) is 1. The summed E-state index contributed by atoms with van der Waals surface area (Å²) in [5.74, 6) is 1.92. The van der Waals surface area contributed by atoms with Crippen molar-refractivity contribution in [3.8, 4) is 0 Å². The highest BCUT2D eigenvalue weighted by atomic mass is 16.4. The summed E-state index contributed by atoms with van der Waals surface area (Å²) >= 11 is 0. The normalized spacial score (nSPS) is 19.6. The number of carbonyl (C=O) groups excluding carboxylic acids is 1. The summed E-state index contributed by atoms with van der Waals surface area (Å²) in [6, 6.07) is 11.9. The molecule has 7 nitrogen and oxygen atoms in total. The minimum absolute atomic E-state index is 0.107. The Hall–Kier alpha value is -3.09. The van der Waals surface area contributed by atoms with Gasteiger partial charge in [0.15, 0.2) is 5.78 Å². The van der Waals surface area contributed by atoms with Crippen LogP contribution in [-0.2, 0) is 0 Å². The van der Waals surface area contributed by atoms with Gasteiger partial charge in [-0.3, -0.25) is 4.79 Å². The minimum Gasteiger partial charge on any atom is -0.465 e. The molecule has 1 aliphatic carbocycles. The van der Waals surface area contributed by atoms with Gasteiger partial charge in [-0.1, -0.05) is 50.5 Å². The summed E-state index contributed by atoms with van der Waals surface area (Å²) in [4.78, 5) is 30.6. The number of ketones is 1. The minimum atomic E-state index is -0.979. The average Bonchev–Trinajstić information content (AvgIpc) is 3.36. The van der Waals surface area contributed by atoms with Gasteiger partial charge in [-0.25, -0.2) is 9.78 Å². The van der Waals surface area contributed by atoms with E-state index in [2.05, 4.69) is 32.7 Å². The van der Waals surface area contributed by atoms with Gasteiger partial charge in [0.1, 0.15) is 5.82 Å². The lowest BCUT2D eigenvalue weighted by Gasteiger charge is -2.22. The molecule has 0 spiro atoms. The van der Waals surface area contributed by atoms with E-state index in [-0.39, 0.29) is 11.8 Å². The lowest BCUT2D eigenvalue weighted by Crippen LogP contribution is -2.30. The Balaban J connectivity index is 1.33. The van der Waals surface area contributed by atoms with Gasteiger partial charge in [-0.05, 0) is 55.2 Å². The van der Waals surface area contributed by atoms with Crippen LogP contribution in [-0.4, -0.2) is 47.6 Å². The molecule has 7 heteroatoms. The molecular weight excluding hydrogens is 428 g/mol. The molecule has 1 saturated heterocycles. The summed E-state index contributed by atoms with van der Waals surface area (Å²) in [5.41, 5.74) is 2.94. The first-order valence-electron chi connectivity index (χ1n) is 12.6. The quantitative estimate of drug-likeness (QED) is 0.436. The summed E-state index contributed by atoms with van der Waals surface area (Å²) < 4.78 is 0. The topological polar surface area (TPSA) is 94.6 Å². The van der Waals surface area contributed by atoms with Crippen molar-refractivity contribution >= 4 is 23.4 Å². The number of pyridine rings is 1. The average molecular weight is 465 g/mol. The fraction of sp³-hybridized carbons (Fsp3) is 0.519. The third kappa shape index (κ3) is 6.07. The third-order valence-corrected chi connectivity index (χ3v) is 7.24. The number of benzene rings is 1. The van der Waals surface area contributed by atoms with Crippen LogP contribution in [0.15, 0.2) is 42.6 Å². The summed E-state index contributed by atoms with van der Waals surface area (Å²) in [6.45, 7) is 4.13. The number of carboxylic acid groups (broad SMARTS) is 1. The molecule has 4 rings (SSSR count). The first kappa shape index (κ1) is 24.0. The molecule has 2 unspecified atom stereocenters. The number of nitrogens with one attached hydrogen (secondary N) is 2. The van der Waals surface area contributed by atoms with Crippen LogP contribution in [0.3, 0.4) is 0 Å². The second kappa shape index (κ2) is 11.4. The van der Waals surface area contributed by atoms with Crippen LogP contribution in [0.25, 0.3) is 0 Å². The maximum Gasteiger partial charge on any atom is 0.404 e. The van der Waals surface area contributed by atoms with E-state index in [0.29, 0.717) is 24.8 Å². The Morgan fingerprint density at radius 2 is 1.85 bits per heavy atom. The van der Waals surface area contributed by atoms with E-state index in [4.69, 9.17) is 5.11 Å². The zero-order valence-corrected chi connectivity index (χ0v) is 20.0. The lowest BCUT2D eigenvalue weighted by atomic mass is 9.83. The number of anilines is 2. The summed E-state index contributed by atoms with van der Waals surface area (Å²) in [7, 11) is 0. The van der Waals surface area contributed by atoms with E-state index < -0.39 is 6.09 Å². The van der Waals surface area contributed by atoms with Crippen LogP contribution < -0.4 is 15.5 Å². The van der Waals surface area contributed by atoms with Crippen molar-refractivity contribution in [3.05, 3.63) is 53.7 Å². The SMILES string of the molecule is CCC(Nc1ccc(N2CCC(CNC(=O)O)C2)nc1)C(=O)c1ccc(C2CCCCC2)cc1. The molecule has 0 radical (unpaired) electrons. The molecular formula is C27H36N4O3. The van der Waals surface area contributed by atoms with Gasteiger partial charge in [0, 0.05) is 25.2 Å². The van der Waals surface area contributed by atoms with Crippen molar-refractivity contribution in [1.82, 2.24) is 10.3 Å². The Labute approximate surface area is 202 Å². The van der Waals surface area contributed by atoms with E-state index in [1.54, 1.807) is 6.20 Å². The molecule has 1 aliphatic heterocycles. The molecule has 1 aromatic heterocycles. The highest BCUT2D eigenvalue weighted by molar-refractivity contribution is 6.01. The fourth-order valence-electron chi connectivity index (χ4n) is 5.21. The second-order valence-electron chi connectivity index (χ2n) is 9.62. The largest absolute Gasteiger partial charge is 0.465 e. The Kier molecular flexibility index (Phi) is 8.03. The van der Waals surface area contributed by atoms with Crippen LogP contribution in [0.1, 0.15) is 73.7 Å². The number of hydrogen-bond acceptors (Lipinski definition) is 5. The fourth-order valence-corrected chi connectivity index (χ4v) is 5.21. The van der Waals surface area contributed by atoms with E-state index in [1.165, 1.54) is 37.7 Å². The van der Waals surface area contributed by atoms with Crippen molar-refractivity contribution in [1.29, 1.82) is 0 Å². The smallest absolute Gasteiger partial charge is 0.404 e. The van der Waals surface area contributed by atoms with Gasteiger partial charge in [-0.2, -0.15) is 0 Å². The predicted octanol–water partition coefficient (Wildman–Crippen LogP) is 5.30. The van der Waals surface area contributed by atoms with E-state index in [0.717, 1.165) is 36.6 Å². The molecule has 0 bridgehead atoms. The van der Waals surface area contributed by atoms with Crippen molar-refractivity contribution < 1.29 is 14.7 Å². The van der Waals surface area contributed by atoms with Gasteiger partial charge >= 0.3 is 6.09 Å². The van der Waals surface area contributed by atoms with Crippen molar-refractivity contribution in [2.45, 2.75) is 63.8 Å². The molecule has 182 valence electrons. The highest BCUT2D eigenvalue weighted by Crippen LogP contribution is 2.32. The molecule has 2 atom stereocenters. The molecule has 34 heavy (non-hydrogen) atoms. The molecule has 2 heterocycles. The molecule has 2 fully saturated rings. The van der Waals surface area contributed by atoms with Crippen molar-refractivity contribution in [2.24, 2.45) is 5.92 Å². The van der Waals surface area contributed by atoms with Gasteiger partial charge in [0.2, 0.25) is 0 Å². The van der Waals surface area contributed by atoms with Crippen molar-refractivity contribution in [3.63, 3.8) is 0 Å². The van der Waals surface area contributed by atoms with Gasteiger partial charge in [0.25, 0.3) is 0 Å². The van der Waals surface area contributed by atoms with Crippen molar-refractivity contribution in [2.75, 3.05) is 29.9 Å². The zero-order valence-electron chi connectivity index (χ0n) is 20.0.